The highest BCUT2D eigenvalue weighted by Gasteiger charge is 2.10. The van der Waals surface area contributed by atoms with Crippen LogP contribution >= 0.6 is 0 Å². The summed E-state index contributed by atoms with van der Waals surface area (Å²) in [5, 5.41) is 0. The summed E-state index contributed by atoms with van der Waals surface area (Å²) in [5.41, 5.74) is 0. The van der Waals surface area contributed by atoms with Crippen molar-refractivity contribution in [1.29, 1.82) is 0 Å². The molecule has 0 radical (unpaired) electrons. The zero-order valence-electron chi connectivity index (χ0n) is 8.55. The van der Waals surface area contributed by atoms with Crippen LogP contribution in [0.25, 0.3) is 0 Å². The van der Waals surface area contributed by atoms with Crippen molar-refractivity contribution in [3.8, 4) is 0 Å². The van der Waals surface area contributed by atoms with Crippen LogP contribution in [0.2, 0.25) is 0 Å². The quantitative estimate of drug-likeness (QED) is 0.431. The Labute approximate surface area is 76.2 Å². The Morgan fingerprint density at radius 1 is 1.33 bits per heavy atom. The lowest BCUT2D eigenvalue weighted by atomic mass is 10.3. The fraction of sp³-hybridized carbons (Fsp3) is 0.800. The van der Waals surface area contributed by atoms with Crippen molar-refractivity contribution < 1.29 is 4.74 Å². The van der Waals surface area contributed by atoms with Gasteiger partial charge in [-0.2, -0.15) is 0 Å². The summed E-state index contributed by atoms with van der Waals surface area (Å²) >= 11 is 0. The third kappa shape index (κ3) is 4.39. The third-order valence-corrected chi connectivity index (χ3v) is 1.83. The fourth-order valence-electron chi connectivity index (χ4n) is 1.28. The molecule has 1 atom stereocenters. The van der Waals surface area contributed by atoms with E-state index in [0.29, 0.717) is 0 Å². The summed E-state index contributed by atoms with van der Waals surface area (Å²) in [6.07, 6.45) is 4.03. The van der Waals surface area contributed by atoms with Crippen LogP contribution in [0.3, 0.4) is 0 Å². The van der Waals surface area contributed by atoms with Gasteiger partial charge in [-0.3, -0.25) is 4.90 Å². The highest BCUT2D eigenvalue weighted by Crippen LogP contribution is 2.03. The molecule has 0 aliphatic heterocycles. The second-order valence-electron chi connectivity index (χ2n) is 2.94. The fourth-order valence-corrected chi connectivity index (χ4v) is 1.28. The highest BCUT2D eigenvalue weighted by atomic mass is 16.5. The first-order chi connectivity index (χ1) is 5.76. The van der Waals surface area contributed by atoms with E-state index in [1.54, 1.807) is 0 Å². The van der Waals surface area contributed by atoms with Gasteiger partial charge in [0.2, 0.25) is 0 Å². The molecule has 12 heavy (non-hydrogen) atoms. The van der Waals surface area contributed by atoms with Crippen LogP contribution in [0, 0.1) is 0 Å². The van der Waals surface area contributed by atoms with E-state index in [9.17, 15) is 0 Å². The van der Waals surface area contributed by atoms with Gasteiger partial charge in [0.15, 0.2) is 0 Å². The Balaban J connectivity index is 3.80. The maximum absolute atomic E-state index is 5.30. The van der Waals surface area contributed by atoms with Crippen molar-refractivity contribution in [2.45, 2.75) is 39.8 Å². The maximum Gasteiger partial charge on any atom is 0.148 e. The molecular weight excluding hydrogens is 150 g/mol. The molecule has 0 rings (SSSR count). The van der Waals surface area contributed by atoms with E-state index in [-0.39, 0.29) is 6.23 Å². The lowest BCUT2D eigenvalue weighted by Gasteiger charge is -2.27. The molecular formula is C10H21NO. The normalized spacial score (nSPS) is 13.0. The van der Waals surface area contributed by atoms with Crippen LogP contribution in [-0.4, -0.2) is 24.2 Å². The van der Waals surface area contributed by atoms with Crippen molar-refractivity contribution in [3.05, 3.63) is 12.8 Å². The molecule has 0 spiro atoms. The molecule has 2 nitrogen and oxygen atoms in total. The lowest BCUT2D eigenvalue weighted by Crippen LogP contribution is -2.35. The molecule has 1 unspecified atom stereocenters. The van der Waals surface area contributed by atoms with Crippen LogP contribution < -0.4 is 0 Å². The van der Waals surface area contributed by atoms with Gasteiger partial charge in [0.05, 0.1) is 6.26 Å². The van der Waals surface area contributed by atoms with Gasteiger partial charge >= 0.3 is 0 Å². The standard InChI is InChI=1S/C10H21NO/c1-5-8-11(9-6-2)10(4)12-7-3/h7,10H,3,5-6,8-9H2,1-2,4H3. The molecule has 0 aliphatic rings. The minimum Gasteiger partial charge on any atom is -0.484 e. The second kappa shape index (κ2) is 7.17. The van der Waals surface area contributed by atoms with E-state index in [4.69, 9.17) is 4.74 Å². The molecule has 0 heterocycles. The Bertz CT molecular complexity index is 108. The third-order valence-electron chi connectivity index (χ3n) is 1.83. The number of hydrogen-bond donors (Lipinski definition) is 0. The summed E-state index contributed by atoms with van der Waals surface area (Å²) in [6, 6.07) is 0. The minimum atomic E-state index is 0.169. The van der Waals surface area contributed by atoms with Crippen molar-refractivity contribution >= 4 is 0 Å². The van der Waals surface area contributed by atoms with Gasteiger partial charge in [0.1, 0.15) is 6.23 Å². The summed E-state index contributed by atoms with van der Waals surface area (Å²) < 4.78 is 5.30. The molecule has 0 aromatic rings. The average Bonchev–Trinajstić information content (AvgIpc) is 2.04. The van der Waals surface area contributed by atoms with E-state index >= 15 is 0 Å². The van der Waals surface area contributed by atoms with E-state index in [1.807, 2.05) is 0 Å². The molecule has 0 fully saturated rings. The Morgan fingerprint density at radius 2 is 1.83 bits per heavy atom. The first kappa shape index (κ1) is 11.5. The first-order valence-corrected chi connectivity index (χ1v) is 4.76. The number of rotatable bonds is 7. The van der Waals surface area contributed by atoms with Crippen molar-refractivity contribution in [2.24, 2.45) is 0 Å². The topological polar surface area (TPSA) is 12.5 Å². The van der Waals surface area contributed by atoms with Crippen LogP contribution in [-0.2, 0) is 4.74 Å². The molecule has 0 bridgehead atoms. The molecule has 2 heteroatoms. The van der Waals surface area contributed by atoms with Gasteiger partial charge in [-0.1, -0.05) is 20.4 Å². The van der Waals surface area contributed by atoms with Gasteiger partial charge in [-0.15, -0.1) is 0 Å². The molecule has 0 saturated heterocycles. The predicted molar refractivity (Wildman–Crippen MR) is 52.9 cm³/mol. The van der Waals surface area contributed by atoms with Gasteiger partial charge in [0.25, 0.3) is 0 Å². The minimum absolute atomic E-state index is 0.169. The van der Waals surface area contributed by atoms with E-state index in [0.717, 1.165) is 13.1 Å². The Kier molecular flexibility index (Phi) is 6.87. The largest absolute Gasteiger partial charge is 0.484 e. The molecule has 0 aliphatic carbocycles. The number of nitrogens with zero attached hydrogens (tertiary/aromatic N) is 1. The zero-order chi connectivity index (χ0) is 9.40. The Hall–Kier alpha value is -0.500. The first-order valence-electron chi connectivity index (χ1n) is 4.76. The predicted octanol–water partition coefficient (Wildman–Crippen LogP) is 2.61. The summed E-state index contributed by atoms with van der Waals surface area (Å²) in [5.74, 6) is 0. The van der Waals surface area contributed by atoms with Gasteiger partial charge < -0.3 is 4.74 Å². The molecule has 0 aromatic carbocycles. The van der Waals surface area contributed by atoms with Gasteiger partial charge in [-0.25, -0.2) is 0 Å². The van der Waals surface area contributed by atoms with Crippen LogP contribution in [0.15, 0.2) is 12.8 Å². The number of hydrogen-bond acceptors (Lipinski definition) is 2. The summed E-state index contributed by atoms with van der Waals surface area (Å²) in [6.45, 7) is 12.2. The highest BCUT2D eigenvalue weighted by molar-refractivity contribution is 4.61. The molecule has 0 saturated carbocycles. The van der Waals surface area contributed by atoms with Crippen LogP contribution in [0.1, 0.15) is 33.6 Å². The lowest BCUT2D eigenvalue weighted by molar-refractivity contribution is 0.00596. The van der Waals surface area contributed by atoms with E-state index in [2.05, 4.69) is 32.3 Å². The van der Waals surface area contributed by atoms with Crippen LogP contribution in [0.5, 0.6) is 0 Å². The maximum atomic E-state index is 5.30. The number of ether oxygens (including phenoxy) is 1. The van der Waals surface area contributed by atoms with Crippen molar-refractivity contribution in [2.75, 3.05) is 13.1 Å². The second-order valence-corrected chi connectivity index (χ2v) is 2.94. The van der Waals surface area contributed by atoms with E-state index in [1.165, 1.54) is 19.1 Å². The zero-order valence-corrected chi connectivity index (χ0v) is 8.55. The van der Waals surface area contributed by atoms with E-state index < -0.39 is 0 Å². The Morgan fingerprint density at radius 3 is 2.17 bits per heavy atom. The smallest absolute Gasteiger partial charge is 0.148 e. The van der Waals surface area contributed by atoms with Crippen LogP contribution in [0.4, 0.5) is 0 Å². The van der Waals surface area contributed by atoms with Crippen molar-refractivity contribution in [1.82, 2.24) is 4.90 Å². The molecule has 72 valence electrons. The molecule has 0 N–H and O–H groups in total. The van der Waals surface area contributed by atoms with Gasteiger partial charge in [0, 0.05) is 13.1 Å². The molecule has 0 amide bonds. The summed E-state index contributed by atoms with van der Waals surface area (Å²) in [4.78, 5) is 2.32. The van der Waals surface area contributed by atoms with Crippen molar-refractivity contribution in [3.63, 3.8) is 0 Å². The summed E-state index contributed by atoms with van der Waals surface area (Å²) in [7, 11) is 0. The average molecular weight is 171 g/mol. The molecule has 0 aromatic heterocycles. The SMILES string of the molecule is C=COC(C)N(CCC)CCC. The van der Waals surface area contributed by atoms with Gasteiger partial charge in [-0.05, 0) is 19.8 Å². The monoisotopic (exact) mass is 171 g/mol.